The van der Waals surface area contributed by atoms with Gasteiger partial charge in [-0.3, -0.25) is 0 Å². The van der Waals surface area contributed by atoms with Crippen LogP contribution in [0.25, 0.3) is 0 Å². The standard InChI is InChI=1S/C17H19NO/c18-17(12-13-5-3-8-15(19)11-13)10-4-7-14-6-1-2-9-16(14)17/h1-3,5-6,8-9,11,19H,4,7,10,12,18H2. The molecule has 2 aromatic rings. The normalized spacial score (nSPS) is 21.9. The number of nitrogens with two attached hydrogens (primary N) is 1. The predicted molar refractivity (Wildman–Crippen MR) is 77.1 cm³/mol. The van der Waals surface area contributed by atoms with Crippen LogP contribution in [0.1, 0.15) is 29.5 Å². The third kappa shape index (κ3) is 2.36. The first-order valence-electron chi connectivity index (χ1n) is 6.83. The lowest BCUT2D eigenvalue weighted by molar-refractivity contribution is 0.369. The molecular weight excluding hydrogens is 234 g/mol. The third-order valence-corrected chi connectivity index (χ3v) is 4.05. The molecule has 3 rings (SSSR count). The van der Waals surface area contributed by atoms with Crippen LogP contribution in [-0.4, -0.2) is 5.11 Å². The maximum Gasteiger partial charge on any atom is 0.115 e. The van der Waals surface area contributed by atoms with Crippen LogP contribution >= 0.6 is 0 Å². The zero-order valence-corrected chi connectivity index (χ0v) is 11.0. The van der Waals surface area contributed by atoms with Crippen LogP contribution in [0.4, 0.5) is 0 Å². The number of aryl methyl sites for hydroxylation is 1. The van der Waals surface area contributed by atoms with Crippen LogP contribution in [-0.2, 0) is 18.4 Å². The second-order valence-corrected chi connectivity index (χ2v) is 5.51. The van der Waals surface area contributed by atoms with Gasteiger partial charge >= 0.3 is 0 Å². The van der Waals surface area contributed by atoms with E-state index in [1.54, 1.807) is 6.07 Å². The second-order valence-electron chi connectivity index (χ2n) is 5.51. The summed E-state index contributed by atoms with van der Waals surface area (Å²) < 4.78 is 0. The number of benzene rings is 2. The monoisotopic (exact) mass is 253 g/mol. The smallest absolute Gasteiger partial charge is 0.115 e. The van der Waals surface area contributed by atoms with Gasteiger partial charge in [0.2, 0.25) is 0 Å². The van der Waals surface area contributed by atoms with Gasteiger partial charge in [-0.05, 0) is 54.5 Å². The highest BCUT2D eigenvalue weighted by molar-refractivity contribution is 5.38. The quantitative estimate of drug-likeness (QED) is 0.863. The number of rotatable bonds is 2. The number of hydrogen-bond donors (Lipinski definition) is 2. The molecule has 0 bridgehead atoms. The van der Waals surface area contributed by atoms with E-state index in [9.17, 15) is 5.11 Å². The van der Waals surface area contributed by atoms with Gasteiger partial charge in [-0.15, -0.1) is 0 Å². The minimum Gasteiger partial charge on any atom is -0.508 e. The summed E-state index contributed by atoms with van der Waals surface area (Å²) in [6, 6.07) is 15.9. The van der Waals surface area contributed by atoms with E-state index in [0.717, 1.165) is 31.2 Å². The Morgan fingerprint density at radius 3 is 2.79 bits per heavy atom. The Labute approximate surface area is 113 Å². The zero-order chi connectivity index (χ0) is 13.3. The molecule has 0 radical (unpaired) electrons. The van der Waals surface area contributed by atoms with Crippen molar-refractivity contribution in [1.29, 1.82) is 0 Å². The Morgan fingerprint density at radius 2 is 1.95 bits per heavy atom. The van der Waals surface area contributed by atoms with Crippen molar-refractivity contribution in [1.82, 2.24) is 0 Å². The largest absolute Gasteiger partial charge is 0.508 e. The molecule has 0 heterocycles. The molecule has 0 amide bonds. The summed E-state index contributed by atoms with van der Waals surface area (Å²) in [5.74, 6) is 0.310. The molecule has 1 atom stereocenters. The van der Waals surface area contributed by atoms with E-state index in [1.807, 2.05) is 18.2 Å². The highest BCUT2D eigenvalue weighted by Gasteiger charge is 2.32. The molecule has 1 aliphatic rings. The average molecular weight is 253 g/mol. The van der Waals surface area contributed by atoms with Gasteiger partial charge in [0.1, 0.15) is 5.75 Å². The topological polar surface area (TPSA) is 46.2 Å². The Balaban J connectivity index is 1.96. The fourth-order valence-corrected chi connectivity index (χ4v) is 3.17. The summed E-state index contributed by atoms with van der Waals surface area (Å²) in [5.41, 5.74) is 10.1. The summed E-state index contributed by atoms with van der Waals surface area (Å²) >= 11 is 0. The van der Waals surface area contributed by atoms with Crippen LogP contribution in [0.2, 0.25) is 0 Å². The number of hydrogen-bond acceptors (Lipinski definition) is 2. The van der Waals surface area contributed by atoms with E-state index in [0.29, 0.717) is 5.75 Å². The summed E-state index contributed by atoms with van der Waals surface area (Å²) in [4.78, 5) is 0. The van der Waals surface area contributed by atoms with E-state index < -0.39 is 0 Å². The maximum atomic E-state index is 9.58. The molecule has 0 saturated heterocycles. The van der Waals surface area contributed by atoms with Crippen molar-refractivity contribution in [3.63, 3.8) is 0 Å². The second kappa shape index (κ2) is 4.71. The van der Waals surface area contributed by atoms with Gasteiger partial charge in [-0.2, -0.15) is 0 Å². The van der Waals surface area contributed by atoms with Gasteiger partial charge in [-0.1, -0.05) is 36.4 Å². The summed E-state index contributed by atoms with van der Waals surface area (Å²) in [6.07, 6.45) is 4.03. The highest BCUT2D eigenvalue weighted by Crippen LogP contribution is 2.36. The molecule has 0 fully saturated rings. The summed E-state index contributed by atoms with van der Waals surface area (Å²) in [5, 5.41) is 9.58. The van der Waals surface area contributed by atoms with Gasteiger partial charge in [0.25, 0.3) is 0 Å². The van der Waals surface area contributed by atoms with Crippen molar-refractivity contribution in [3.8, 4) is 5.75 Å². The van der Waals surface area contributed by atoms with E-state index >= 15 is 0 Å². The van der Waals surface area contributed by atoms with E-state index in [1.165, 1.54) is 11.1 Å². The van der Waals surface area contributed by atoms with Crippen molar-refractivity contribution >= 4 is 0 Å². The molecule has 0 aromatic heterocycles. The lowest BCUT2D eigenvalue weighted by Gasteiger charge is -2.36. The Kier molecular flexibility index (Phi) is 3.03. The minimum atomic E-state index is -0.303. The molecule has 2 heteroatoms. The van der Waals surface area contributed by atoms with Gasteiger partial charge in [0.05, 0.1) is 0 Å². The van der Waals surface area contributed by atoms with Gasteiger partial charge in [0.15, 0.2) is 0 Å². The number of fused-ring (bicyclic) bond motifs is 1. The maximum absolute atomic E-state index is 9.58. The van der Waals surface area contributed by atoms with Crippen LogP contribution in [0.3, 0.4) is 0 Å². The lowest BCUT2D eigenvalue weighted by Crippen LogP contribution is -2.42. The number of phenols is 1. The molecule has 2 aromatic carbocycles. The molecule has 3 N–H and O–H groups in total. The van der Waals surface area contributed by atoms with E-state index in [-0.39, 0.29) is 5.54 Å². The first-order valence-corrected chi connectivity index (χ1v) is 6.83. The van der Waals surface area contributed by atoms with E-state index in [4.69, 9.17) is 5.73 Å². The summed E-state index contributed by atoms with van der Waals surface area (Å²) in [7, 11) is 0. The molecule has 1 unspecified atom stereocenters. The zero-order valence-electron chi connectivity index (χ0n) is 11.0. The fraction of sp³-hybridized carbons (Fsp3) is 0.294. The first kappa shape index (κ1) is 12.2. The Hall–Kier alpha value is -1.80. The molecule has 2 nitrogen and oxygen atoms in total. The van der Waals surface area contributed by atoms with Crippen molar-refractivity contribution in [2.24, 2.45) is 5.73 Å². The molecule has 0 spiro atoms. The third-order valence-electron chi connectivity index (χ3n) is 4.05. The van der Waals surface area contributed by atoms with Crippen molar-refractivity contribution in [3.05, 3.63) is 65.2 Å². The fourth-order valence-electron chi connectivity index (χ4n) is 3.17. The molecule has 19 heavy (non-hydrogen) atoms. The molecule has 1 aliphatic carbocycles. The van der Waals surface area contributed by atoms with Crippen molar-refractivity contribution in [2.75, 3.05) is 0 Å². The Morgan fingerprint density at radius 1 is 1.11 bits per heavy atom. The van der Waals surface area contributed by atoms with Crippen LogP contribution in [0.15, 0.2) is 48.5 Å². The first-order chi connectivity index (χ1) is 9.17. The van der Waals surface area contributed by atoms with Gasteiger partial charge < -0.3 is 10.8 Å². The predicted octanol–water partition coefficient (Wildman–Crippen LogP) is 3.13. The molecular formula is C17H19NO. The van der Waals surface area contributed by atoms with Gasteiger partial charge in [-0.25, -0.2) is 0 Å². The molecule has 0 aliphatic heterocycles. The van der Waals surface area contributed by atoms with Crippen molar-refractivity contribution in [2.45, 2.75) is 31.2 Å². The molecule has 0 saturated carbocycles. The molecule has 98 valence electrons. The number of aromatic hydroxyl groups is 1. The van der Waals surface area contributed by atoms with Crippen molar-refractivity contribution < 1.29 is 5.11 Å². The highest BCUT2D eigenvalue weighted by atomic mass is 16.3. The summed E-state index contributed by atoms with van der Waals surface area (Å²) in [6.45, 7) is 0. The average Bonchev–Trinajstić information content (AvgIpc) is 2.39. The van der Waals surface area contributed by atoms with Gasteiger partial charge in [0, 0.05) is 5.54 Å². The Bertz CT molecular complexity index is 593. The van der Waals surface area contributed by atoms with Crippen LogP contribution < -0.4 is 5.73 Å². The van der Waals surface area contributed by atoms with Crippen LogP contribution in [0.5, 0.6) is 5.75 Å². The minimum absolute atomic E-state index is 0.303. The SMILES string of the molecule is NC1(Cc2cccc(O)c2)CCCc2ccccc21. The number of phenolic OH excluding ortho intramolecular Hbond substituents is 1. The van der Waals surface area contributed by atoms with E-state index in [2.05, 4.69) is 24.3 Å². The lowest BCUT2D eigenvalue weighted by atomic mass is 9.74. The van der Waals surface area contributed by atoms with Crippen LogP contribution in [0, 0.1) is 0 Å².